The third kappa shape index (κ3) is 9.96. The molecule has 1 aromatic carbocycles. The van der Waals surface area contributed by atoms with Crippen molar-refractivity contribution in [1.82, 2.24) is 30.1 Å². The van der Waals surface area contributed by atoms with Crippen LogP contribution in [-0.4, -0.2) is 141 Å². The van der Waals surface area contributed by atoms with Crippen LogP contribution in [-0.2, 0) is 44.6 Å². The number of aliphatic hydroxyl groups excluding tert-OH is 1. The summed E-state index contributed by atoms with van der Waals surface area (Å²) in [7, 11) is 5.21. The van der Waals surface area contributed by atoms with E-state index < -0.39 is 83.5 Å². The van der Waals surface area contributed by atoms with Gasteiger partial charge in [0.05, 0.1) is 36.1 Å². The highest BCUT2D eigenvalue weighted by atomic mass is 16.7. The average Bonchev–Trinajstić information content (AvgIpc) is 3.78. The van der Waals surface area contributed by atoms with Crippen molar-refractivity contribution in [2.24, 2.45) is 17.8 Å². The number of cyclic esters (lactones) is 1. The molecular weight excluding hydrogens is 775 g/mol. The summed E-state index contributed by atoms with van der Waals surface area (Å²) < 4.78 is 32.9. The number of carbonyl (C=O) groups is 4. The van der Waals surface area contributed by atoms with E-state index in [1.165, 1.54) is 14.0 Å². The van der Waals surface area contributed by atoms with E-state index in [-0.39, 0.29) is 37.4 Å². The molecule has 17 nitrogen and oxygen atoms in total. The number of methoxy groups -OCH3 is 1. The van der Waals surface area contributed by atoms with E-state index in [0.29, 0.717) is 37.2 Å². The Labute approximate surface area is 353 Å². The molecule has 2 amide bonds. The molecule has 60 heavy (non-hydrogen) atoms. The first kappa shape index (κ1) is 46.9. The second-order valence-corrected chi connectivity index (χ2v) is 17.7. The molecule has 3 aliphatic rings. The first-order valence-corrected chi connectivity index (χ1v) is 21.2. The van der Waals surface area contributed by atoms with Crippen LogP contribution in [0.4, 0.5) is 10.5 Å². The quantitative estimate of drug-likeness (QED) is 0.127. The highest BCUT2D eigenvalue weighted by Gasteiger charge is 2.59. The van der Waals surface area contributed by atoms with E-state index in [1.54, 1.807) is 43.3 Å². The summed E-state index contributed by atoms with van der Waals surface area (Å²) in [5, 5.41) is 23.1. The van der Waals surface area contributed by atoms with Gasteiger partial charge in [0.25, 0.3) is 0 Å². The highest BCUT2D eigenvalue weighted by molar-refractivity contribution is 6.00. The highest BCUT2D eigenvalue weighted by Crippen LogP contribution is 2.40. The number of hydrogen-bond acceptors (Lipinski definition) is 14. The number of Topliss-reactive ketones (excluding diaryl/α,β-unsaturated/α-hetero) is 1. The van der Waals surface area contributed by atoms with Crippen molar-refractivity contribution in [1.29, 1.82) is 0 Å². The van der Waals surface area contributed by atoms with Crippen molar-refractivity contribution < 1.29 is 48.0 Å². The second kappa shape index (κ2) is 19.3. The lowest BCUT2D eigenvalue weighted by Crippen LogP contribution is -2.61. The Morgan fingerprint density at radius 1 is 1.07 bits per heavy atom. The molecule has 1 aromatic heterocycles. The van der Waals surface area contributed by atoms with Gasteiger partial charge in [0, 0.05) is 49.3 Å². The minimum absolute atomic E-state index is 0.0962. The van der Waals surface area contributed by atoms with Crippen LogP contribution in [0.1, 0.15) is 87.5 Å². The molecule has 0 saturated carbocycles. The molecule has 0 aliphatic carbocycles. The third-order valence-electron chi connectivity index (χ3n) is 12.8. The van der Waals surface area contributed by atoms with E-state index in [1.807, 2.05) is 64.2 Å². The van der Waals surface area contributed by atoms with Gasteiger partial charge >= 0.3 is 12.1 Å². The number of ether oxygens (including phenoxy) is 5. The first-order valence-electron chi connectivity index (χ1n) is 21.2. The molecule has 334 valence electrons. The van der Waals surface area contributed by atoms with Gasteiger partial charge in [-0.1, -0.05) is 38.1 Å². The number of esters is 1. The molecule has 13 atom stereocenters. The maximum Gasteiger partial charge on any atom is 0.410 e. The predicted molar refractivity (Wildman–Crippen MR) is 222 cm³/mol. The largest absolute Gasteiger partial charge is 0.458 e. The molecule has 0 spiro atoms. The number of aryl methyl sites for hydroxylation is 1. The number of aliphatic hydroxyl groups is 1. The SMILES string of the molecule is CC[C@H]1OC(=O)C(C)C(=O)[C@H](C)[C@@H](O[C@@H]2O[C@H](C)CC(N(C)C)C2O)[C@](C)(OC)C[C@@H](C)C(=O)N[C@H](C)[C@H]2N(CCCCn3cc(-c4cccc(N)c4)nn3)C(=O)O[C@]12C. The molecule has 3 fully saturated rings. The number of fused-ring (bicyclic) bond motifs is 1. The number of ketones is 1. The number of likely N-dealkylation sites (N-methyl/N-ethyl adjacent to an activating group) is 1. The van der Waals surface area contributed by atoms with Gasteiger partial charge in [-0.25, -0.2) is 4.79 Å². The fourth-order valence-electron chi connectivity index (χ4n) is 9.34. The van der Waals surface area contributed by atoms with Gasteiger partial charge in [0.1, 0.15) is 23.8 Å². The Kier molecular flexibility index (Phi) is 15.1. The number of nitrogens with zero attached hydrogens (tertiary/aromatic N) is 5. The van der Waals surface area contributed by atoms with Crippen LogP contribution in [0.15, 0.2) is 30.5 Å². The standard InChI is InChI=1S/C43H67N7O10/c1-12-33-43(8)36(50(41(55)60-43)19-14-13-18-49-23-31(46-47-49)29-16-15-17-30(44)21-29)28(6)45-38(53)24(2)22-42(7,56-11)37(26(4)34(51)27(5)39(54)58-33)59-40-35(52)32(48(9)10)20-25(3)57-40/h15-17,21,23-28,32-33,35-37,40,52H,12-14,18-20,22,44H2,1-11H3,(H,45,53)/t24-,25-,26+,27?,28-,32?,33-,35?,36-,37-,40+,42-,43-/m1/s1. The Morgan fingerprint density at radius 3 is 2.42 bits per heavy atom. The zero-order valence-corrected chi connectivity index (χ0v) is 37.1. The maximum absolute atomic E-state index is 14.4. The second-order valence-electron chi connectivity index (χ2n) is 17.7. The minimum atomic E-state index is -1.40. The summed E-state index contributed by atoms with van der Waals surface area (Å²) in [5.74, 6) is -4.50. The Hall–Kier alpha value is -4.16. The zero-order chi connectivity index (χ0) is 44.3. The summed E-state index contributed by atoms with van der Waals surface area (Å²) in [5.41, 5.74) is 5.45. The number of nitrogens with one attached hydrogen (secondary N) is 1. The topological polar surface area (TPSA) is 210 Å². The molecule has 0 bridgehead atoms. The van der Waals surface area contributed by atoms with Crippen molar-refractivity contribution in [3.63, 3.8) is 0 Å². The lowest BCUT2D eigenvalue weighted by atomic mass is 9.78. The number of nitrogen functional groups attached to an aromatic ring is 1. The van der Waals surface area contributed by atoms with Crippen LogP contribution in [0.25, 0.3) is 11.3 Å². The predicted octanol–water partition coefficient (Wildman–Crippen LogP) is 3.81. The van der Waals surface area contributed by atoms with Crippen LogP contribution in [0, 0.1) is 17.8 Å². The Bertz CT molecular complexity index is 1830. The van der Waals surface area contributed by atoms with Crippen molar-refractivity contribution in [3.8, 4) is 11.3 Å². The fourth-order valence-corrected chi connectivity index (χ4v) is 9.34. The number of anilines is 1. The van der Waals surface area contributed by atoms with Gasteiger partial charge in [-0.2, -0.15) is 0 Å². The lowest BCUT2D eigenvalue weighted by molar-refractivity contribution is -0.295. The Morgan fingerprint density at radius 2 is 1.77 bits per heavy atom. The Balaban J connectivity index is 1.41. The van der Waals surface area contributed by atoms with Crippen LogP contribution < -0.4 is 11.1 Å². The summed E-state index contributed by atoms with van der Waals surface area (Å²) in [4.78, 5) is 59.9. The van der Waals surface area contributed by atoms with Crippen LogP contribution in [0.2, 0.25) is 0 Å². The van der Waals surface area contributed by atoms with Crippen molar-refractivity contribution >= 4 is 29.4 Å². The summed E-state index contributed by atoms with van der Waals surface area (Å²) >= 11 is 0. The summed E-state index contributed by atoms with van der Waals surface area (Å²) in [6, 6.07) is 5.70. The van der Waals surface area contributed by atoms with E-state index >= 15 is 0 Å². The number of aromatic nitrogens is 3. The number of rotatable bonds is 11. The van der Waals surface area contributed by atoms with Crippen molar-refractivity contribution in [3.05, 3.63) is 30.5 Å². The van der Waals surface area contributed by atoms with E-state index in [4.69, 9.17) is 29.4 Å². The third-order valence-corrected chi connectivity index (χ3v) is 12.8. The number of benzene rings is 1. The number of carbonyl (C=O) groups excluding carboxylic acids is 4. The summed E-state index contributed by atoms with van der Waals surface area (Å²) in [6.07, 6.45) is -1.12. The molecule has 17 heteroatoms. The molecule has 5 rings (SSSR count). The molecule has 4 N–H and O–H groups in total. The lowest BCUT2D eigenvalue weighted by Gasteiger charge is -2.46. The molecule has 4 heterocycles. The van der Waals surface area contributed by atoms with Crippen LogP contribution >= 0.6 is 0 Å². The van der Waals surface area contributed by atoms with Crippen molar-refractivity contribution in [2.75, 3.05) is 33.5 Å². The zero-order valence-electron chi connectivity index (χ0n) is 37.1. The van der Waals surface area contributed by atoms with Gasteiger partial charge in [0.2, 0.25) is 5.91 Å². The van der Waals surface area contributed by atoms with E-state index in [2.05, 4.69) is 15.6 Å². The smallest absolute Gasteiger partial charge is 0.410 e. The van der Waals surface area contributed by atoms with E-state index in [9.17, 15) is 24.3 Å². The van der Waals surface area contributed by atoms with Gasteiger partial charge in [0.15, 0.2) is 17.7 Å². The maximum atomic E-state index is 14.4. The average molecular weight is 842 g/mol. The number of nitrogens with two attached hydrogens (primary N) is 1. The summed E-state index contributed by atoms with van der Waals surface area (Å²) in [6.45, 7) is 14.7. The molecule has 3 unspecified atom stereocenters. The van der Waals surface area contributed by atoms with Crippen molar-refractivity contribution in [2.45, 2.75) is 154 Å². The molecule has 0 radical (unpaired) electrons. The first-order chi connectivity index (χ1) is 28.2. The molecular formula is C43H67N7O10. The fraction of sp³-hybridized carbons (Fsp3) is 0.721. The normalized spacial score (nSPS) is 36.0. The molecule has 2 aromatic rings. The van der Waals surface area contributed by atoms with Gasteiger partial charge < -0.3 is 44.7 Å². The number of unbranched alkanes of at least 4 members (excludes halogenated alkanes) is 1. The number of hydrogen-bond donors (Lipinski definition) is 3. The van der Waals surface area contributed by atoms with Gasteiger partial charge in [-0.3, -0.25) is 24.0 Å². The molecule has 3 saturated heterocycles. The minimum Gasteiger partial charge on any atom is -0.458 e. The van der Waals surface area contributed by atoms with Gasteiger partial charge in [-0.15, -0.1) is 5.10 Å². The van der Waals surface area contributed by atoms with Crippen LogP contribution in [0.3, 0.4) is 0 Å². The molecule has 3 aliphatic heterocycles. The number of amides is 2. The van der Waals surface area contributed by atoms with Crippen LogP contribution in [0.5, 0.6) is 0 Å². The monoisotopic (exact) mass is 841 g/mol. The van der Waals surface area contributed by atoms with Gasteiger partial charge in [-0.05, 0) is 93.0 Å². The van der Waals surface area contributed by atoms with E-state index in [0.717, 1.165) is 5.56 Å².